The number of amides is 1. The average molecular weight is 437 g/mol. The number of halogens is 2. The number of ketones is 1. The molecule has 1 heterocycles. The molecule has 1 amide bonds. The van der Waals surface area contributed by atoms with Crippen LogP contribution in [0.5, 0.6) is 0 Å². The number of hydrogen-bond acceptors (Lipinski definition) is 2. The molecule has 0 atom stereocenters. The minimum Gasteiger partial charge on any atom is -0.312 e. The molecule has 0 unspecified atom stereocenters. The highest BCUT2D eigenvalue weighted by Gasteiger charge is 2.24. The normalized spacial score (nSPS) is 13.8. The summed E-state index contributed by atoms with van der Waals surface area (Å²) in [5.41, 5.74) is 2.75. The summed E-state index contributed by atoms with van der Waals surface area (Å²) in [7, 11) is 0. The molecule has 23 heavy (non-hydrogen) atoms. The maximum atomic E-state index is 12.3. The van der Waals surface area contributed by atoms with Gasteiger partial charge in [0.25, 0.3) is 0 Å². The van der Waals surface area contributed by atoms with Crippen molar-refractivity contribution < 1.29 is 9.59 Å². The maximum absolute atomic E-state index is 12.3. The molecule has 118 valence electrons. The summed E-state index contributed by atoms with van der Waals surface area (Å²) in [4.78, 5) is 26.3. The van der Waals surface area contributed by atoms with E-state index < -0.39 is 0 Å². The number of benzene rings is 2. The minimum absolute atomic E-state index is 0.0505. The van der Waals surface area contributed by atoms with Gasteiger partial charge in [0.1, 0.15) is 0 Å². The molecule has 0 aromatic heterocycles. The average Bonchev–Trinajstić information content (AvgIpc) is 2.54. The minimum atomic E-state index is 0.0505. The van der Waals surface area contributed by atoms with Crippen molar-refractivity contribution in [2.45, 2.75) is 19.3 Å². The van der Waals surface area contributed by atoms with Crippen LogP contribution in [-0.4, -0.2) is 18.2 Å². The first kappa shape index (κ1) is 16.4. The zero-order chi connectivity index (χ0) is 16.4. The van der Waals surface area contributed by atoms with E-state index in [0.717, 1.165) is 26.6 Å². The lowest BCUT2D eigenvalue weighted by Gasteiger charge is -2.29. The van der Waals surface area contributed by atoms with Gasteiger partial charge in [0, 0.05) is 39.6 Å². The fourth-order valence-electron chi connectivity index (χ4n) is 2.77. The van der Waals surface area contributed by atoms with Gasteiger partial charge >= 0.3 is 0 Å². The zero-order valence-corrected chi connectivity index (χ0v) is 15.6. The SMILES string of the molecule is O=C(CCN1C(=O)CCc2cc(Br)ccc21)c1ccc(Br)cc1. The molecule has 5 heteroatoms. The van der Waals surface area contributed by atoms with Crippen LogP contribution < -0.4 is 4.90 Å². The molecular weight excluding hydrogens is 422 g/mol. The molecular formula is C18H15Br2NO2. The molecule has 0 bridgehead atoms. The summed E-state index contributed by atoms with van der Waals surface area (Å²) >= 11 is 6.82. The molecule has 0 fully saturated rings. The zero-order valence-electron chi connectivity index (χ0n) is 12.4. The van der Waals surface area contributed by atoms with Crippen LogP contribution in [0.2, 0.25) is 0 Å². The molecule has 0 aliphatic carbocycles. The highest BCUT2D eigenvalue weighted by molar-refractivity contribution is 9.10. The standard InChI is InChI=1S/C18H15Br2NO2/c19-14-4-1-12(2-5-14)17(22)9-10-21-16-7-6-15(20)11-13(16)3-8-18(21)23/h1-2,4-7,11H,3,8-10H2. The monoisotopic (exact) mass is 435 g/mol. The molecule has 0 radical (unpaired) electrons. The van der Waals surface area contributed by atoms with E-state index in [1.165, 1.54) is 0 Å². The van der Waals surface area contributed by atoms with Crippen LogP contribution in [0.15, 0.2) is 51.4 Å². The van der Waals surface area contributed by atoms with E-state index in [2.05, 4.69) is 31.9 Å². The summed E-state index contributed by atoms with van der Waals surface area (Å²) < 4.78 is 1.95. The lowest BCUT2D eigenvalue weighted by Crippen LogP contribution is -2.36. The van der Waals surface area contributed by atoms with E-state index >= 15 is 0 Å². The van der Waals surface area contributed by atoms with Crippen LogP contribution in [0.1, 0.15) is 28.8 Å². The van der Waals surface area contributed by atoms with E-state index in [1.807, 2.05) is 30.3 Å². The number of nitrogens with zero attached hydrogens (tertiary/aromatic N) is 1. The van der Waals surface area contributed by atoms with Crippen LogP contribution in [-0.2, 0) is 11.2 Å². The van der Waals surface area contributed by atoms with Crippen molar-refractivity contribution in [3.63, 3.8) is 0 Å². The Labute approximate surface area is 151 Å². The van der Waals surface area contributed by atoms with Crippen molar-refractivity contribution in [2.75, 3.05) is 11.4 Å². The smallest absolute Gasteiger partial charge is 0.227 e. The Kier molecular flexibility index (Phi) is 4.97. The number of carbonyl (C=O) groups is 2. The summed E-state index contributed by atoms with van der Waals surface area (Å²) in [5.74, 6) is 0.137. The van der Waals surface area contributed by atoms with Crippen LogP contribution in [0, 0.1) is 0 Å². The summed E-state index contributed by atoms with van der Waals surface area (Å²) in [6.07, 6.45) is 1.57. The van der Waals surface area contributed by atoms with Crippen molar-refractivity contribution in [2.24, 2.45) is 0 Å². The molecule has 2 aromatic rings. The van der Waals surface area contributed by atoms with Crippen LogP contribution in [0.4, 0.5) is 5.69 Å². The number of fused-ring (bicyclic) bond motifs is 1. The first-order valence-electron chi connectivity index (χ1n) is 7.42. The number of aryl methyl sites for hydroxylation is 1. The number of Topliss-reactive ketones (excluding diaryl/α,β-unsaturated/α-hetero) is 1. The van der Waals surface area contributed by atoms with Gasteiger partial charge in [-0.2, -0.15) is 0 Å². The van der Waals surface area contributed by atoms with Crippen LogP contribution >= 0.6 is 31.9 Å². The van der Waals surface area contributed by atoms with Gasteiger partial charge in [0.15, 0.2) is 5.78 Å². The predicted molar refractivity (Wildman–Crippen MR) is 97.9 cm³/mol. The van der Waals surface area contributed by atoms with Gasteiger partial charge in [-0.15, -0.1) is 0 Å². The van der Waals surface area contributed by atoms with E-state index in [-0.39, 0.29) is 11.7 Å². The number of hydrogen-bond donors (Lipinski definition) is 0. The van der Waals surface area contributed by atoms with Crippen molar-refractivity contribution in [3.05, 3.63) is 62.5 Å². The van der Waals surface area contributed by atoms with E-state index in [1.54, 1.807) is 17.0 Å². The Bertz CT molecular complexity index is 756. The van der Waals surface area contributed by atoms with Gasteiger partial charge in [-0.25, -0.2) is 0 Å². The quantitative estimate of drug-likeness (QED) is 0.647. The van der Waals surface area contributed by atoms with Crippen LogP contribution in [0.25, 0.3) is 0 Å². The van der Waals surface area contributed by atoms with Crippen molar-refractivity contribution in [3.8, 4) is 0 Å². The fraction of sp³-hybridized carbons (Fsp3) is 0.222. The van der Waals surface area contributed by atoms with Crippen LogP contribution in [0.3, 0.4) is 0 Å². The van der Waals surface area contributed by atoms with Gasteiger partial charge in [-0.3, -0.25) is 9.59 Å². The molecule has 0 N–H and O–H groups in total. The lowest BCUT2D eigenvalue weighted by atomic mass is 10.0. The second-order valence-electron chi connectivity index (χ2n) is 5.50. The summed E-state index contributed by atoms with van der Waals surface area (Å²) in [6.45, 7) is 0.419. The Balaban J connectivity index is 1.74. The van der Waals surface area contributed by atoms with Gasteiger partial charge in [-0.1, -0.05) is 44.0 Å². The lowest BCUT2D eigenvalue weighted by molar-refractivity contribution is -0.118. The third-order valence-corrected chi connectivity index (χ3v) is 4.99. The predicted octanol–water partition coefficient (Wildman–Crippen LogP) is 4.76. The third kappa shape index (κ3) is 3.72. The van der Waals surface area contributed by atoms with Gasteiger partial charge in [-0.05, 0) is 42.3 Å². The topological polar surface area (TPSA) is 37.4 Å². The van der Waals surface area contributed by atoms with E-state index in [9.17, 15) is 9.59 Å². The molecule has 3 rings (SSSR count). The van der Waals surface area contributed by atoms with Gasteiger partial charge < -0.3 is 4.90 Å². The molecule has 1 aliphatic rings. The third-order valence-electron chi connectivity index (χ3n) is 3.97. The van der Waals surface area contributed by atoms with Gasteiger partial charge in [0.2, 0.25) is 5.91 Å². The molecule has 3 nitrogen and oxygen atoms in total. The number of anilines is 1. The number of carbonyl (C=O) groups excluding carboxylic acids is 2. The highest BCUT2D eigenvalue weighted by Crippen LogP contribution is 2.30. The van der Waals surface area contributed by atoms with Gasteiger partial charge in [0.05, 0.1) is 0 Å². The highest BCUT2D eigenvalue weighted by atomic mass is 79.9. The maximum Gasteiger partial charge on any atom is 0.227 e. The fourth-order valence-corrected chi connectivity index (χ4v) is 3.44. The summed E-state index contributed by atoms with van der Waals surface area (Å²) in [6, 6.07) is 13.2. The van der Waals surface area contributed by atoms with E-state index in [0.29, 0.717) is 24.9 Å². The molecule has 0 spiro atoms. The largest absolute Gasteiger partial charge is 0.312 e. The molecule has 1 aliphatic heterocycles. The van der Waals surface area contributed by atoms with Crippen molar-refractivity contribution in [1.82, 2.24) is 0 Å². The molecule has 2 aromatic carbocycles. The van der Waals surface area contributed by atoms with Crippen molar-refractivity contribution in [1.29, 1.82) is 0 Å². The van der Waals surface area contributed by atoms with E-state index in [4.69, 9.17) is 0 Å². The molecule has 0 saturated heterocycles. The Hall–Kier alpha value is -1.46. The Morgan fingerprint density at radius 3 is 2.43 bits per heavy atom. The second-order valence-corrected chi connectivity index (χ2v) is 7.33. The first-order chi connectivity index (χ1) is 11.0. The number of rotatable bonds is 4. The van der Waals surface area contributed by atoms with Crippen molar-refractivity contribution >= 4 is 49.2 Å². The second kappa shape index (κ2) is 6.97. The Morgan fingerprint density at radius 2 is 1.70 bits per heavy atom. The Morgan fingerprint density at radius 1 is 1.00 bits per heavy atom. The summed E-state index contributed by atoms with van der Waals surface area (Å²) in [5, 5.41) is 0. The first-order valence-corrected chi connectivity index (χ1v) is 9.01. The molecule has 0 saturated carbocycles.